The average molecular weight is 468 g/mol. The molecule has 0 aromatic heterocycles. The smallest absolute Gasteiger partial charge is 0.303 e. The Balaban J connectivity index is 2.51. The first-order chi connectivity index (χ1) is 15.5. The van der Waals surface area contributed by atoms with Crippen LogP contribution in [-0.4, -0.2) is 66.1 Å². The largest absolute Gasteiger partial charge is 0.463 e. The van der Waals surface area contributed by atoms with Gasteiger partial charge in [-0.2, -0.15) is 0 Å². The second-order valence-electron chi connectivity index (χ2n) is 7.04. The van der Waals surface area contributed by atoms with Gasteiger partial charge in [-0.1, -0.05) is 12.1 Å². The SMILES string of the molecule is CC(=O)OCC1OC(Nc2ccccc2[N+](=O)[O-])C(OC(C)=O)C(OC(C)=O)C1OC(C)=O. The molecule has 180 valence electrons. The number of carbonyl (C=O) groups is 4. The summed E-state index contributed by atoms with van der Waals surface area (Å²) in [6.07, 6.45) is -6.58. The molecule has 1 fully saturated rings. The van der Waals surface area contributed by atoms with Crippen molar-refractivity contribution in [3.05, 3.63) is 34.4 Å². The topological polar surface area (TPSA) is 170 Å². The van der Waals surface area contributed by atoms with E-state index in [9.17, 15) is 29.3 Å². The number of nitro groups is 1. The van der Waals surface area contributed by atoms with Crippen molar-refractivity contribution < 1.29 is 47.8 Å². The number of esters is 4. The van der Waals surface area contributed by atoms with Crippen LogP contribution in [0.5, 0.6) is 0 Å². The first-order valence-corrected chi connectivity index (χ1v) is 9.80. The number of ether oxygens (including phenoxy) is 5. The van der Waals surface area contributed by atoms with Crippen molar-refractivity contribution in [1.29, 1.82) is 0 Å². The summed E-state index contributed by atoms with van der Waals surface area (Å²) in [4.78, 5) is 57.5. The lowest BCUT2D eigenvalue weighted by atomic mass is 9.97. The first-order valence-electron chi connectivity index (χ1n) is 9.80. The number of nitrogens with one attached hydrogen (secondary N) is 1. The minimum absolute atomic E-state index is 0.0170. The highest BCUT2D eigenvalue weighted by Crippen LogP contribution is 2.32. The average Bonchev–Trinajstić information content (AvgIpc) is 2.70. The van der Waals surface area contributed by atoms with Crippen molar-refractivity contribution in [3.8, 4) is 0 Å². The minimum Gasteiger partial charge on any atom is -0.463 e. The van der Waals surface area contributed by atoms with Crippen LogP contribution in [0.2, 0.25) is 0 Å². The summed E-state index contributed by atoms with van der Waals surface area (Å²) in [5.74, 6) is -2.99. The molecule has 5 unspecified atom stereocenters. The number of anilines is 1. The van der Waals surface area contributed by atoms with Crippen LogP contribution in [0.25, 0.3) is 0 Å². The van der Waals surface area contributed by atoms with Crippen molar-refractivity contribution in [1.82, 2.24) is 0 Å². The monoisotopic (exact) mass is 468 g/mol. The number of rotatable bonds is 8. The van der Waals surface area contributed by atoms with E-state index in [1.807, 2.05) is 0 Å². The van der Waals surface area contributed by atoms with E-state index in [1.54, 1.807) is 0 Å². The van der Waals surface area contributed by atoms with Gasteiger partial charge < -0.3 is 29.0 Å². The molecule has 1 saturated heterocycles. The highest BCUT2D eigenvalue weighted by atomic mass is 16.7. The van der Waals surface area contributed by atoms with Crippen LogP contribution in [0.4, 0.5) is 11.4 Å². The molecule has 0 saturated carbocycles. The third-order valence-electron chi connectivity index (χ3n) is 4.39. The maximum absolute atomic E-state index is 11.8. The molecule has 1 aliphatic rings. The molecule has 1 N–H and O–H groups in total. The molecule has 13 nitrogen and oxygen atoms in total. The zero-order valence-corrected chi connectivity index (χ0v) is 18.3. The lowest BCUT2D eigenvalue weighted by Crippen LogP contribution is -2.64. The van der Waals surface area contributed by atoms with Crippen molar-refractivity contribution >= 4 is 35.3 Å². The zero-order valence-electron chi connectivity index (χ0n) is 18.3. The molecule has 0 bridgehead atoms. The van der Waals surface area contributed by atoms with E-state index in [2.05, 4.69) is 5.32 Å². The fourth-order valence-corrected chi connectivity index (χ4v) is 3.25. The summed E-state index contributed by atoms with van der Waals surface area (Å²) >= 11 is 0. The van der Waals surface area contributed by atoms with Gasteiger partial charge in [0.25, 0.3) is 5.69 Å². The van der Waals surface area contributed by atoms with Crippen molar-refractivity contribution in [2.24, 2.45) is 0 Å². The normalized spacial score (nSPS) is 24.2. The van der Waals surface area contributed by atoms with E-state index in [0.29, 0.717) is 0 Å². The third kappa shape index (κ3) is 7.14. The maximum atomic E-state index is 11.8. The maximum Gasteiger partial charge on any atom is 0.303 e. The Bertz CT molecular complexity index is 919. The molecule has 0 amide bonds. The van der Waals surface area contributed by atoms with Gasteiger partial charge in [-0.05, 0) is 6.07 Å². The van der Waals surface area contributed by atoms with Gasteiger partial charge in [0.2, 0.25) is 0 Å². The Hall–Kier alpha value is -3.74. The van der Waals surface area contributed by atoms with Crippen LogP contribution in [-0.2, 0) is 42.9 Å². The predicted molar refractivity (Wildman–Crippen MR) is 109 cm³/mol. The van der Waals surface area contributed by atoms with Gasteiger partial charge in [0.15, 0.2) is 24.5 Å². The van der Waals surface area contributed by atoms with Crippen molar-refractivity contribution in [3.63, 3.8) is 0 Å². The second-order valence-corrected chi connectivity index (χ2v) is 7.04. The fraction of sp³-hybridized carbons (Fsp3) is 0.500. The van der Waals surface area contributed by atoms with Crippen LogP contribution in [0.3, 0.4) is 0 Å². The number of nitrogens with zero attached hydrogens (tertiary/aromatic N) is 1. The van der Waals surface area contributed by atoms with Gasteiger partial charge in [0.05, 0.1) is 4.92 Å². The highest BCUT2D eigenvalue weighted by Gasteiger charge is 2.52. The predicted octanol–water partition coefficient (Wildman–Crippen LogP) is 1.09. The van der Waals surface area contributed by atoms with Crippen LogP contribution < -0.4 is 5.32 Å². The lowest BCUT2D eigenvalue weighted by Gasteiger charge is -2.44. The molecular formula is C20H24N2O11. The number of hydrogen-bond acceptors (Lipinski definition) is 12. The summed E-state index contributed by atoms with van der Waals surface area (Å²) < 4.78 is 26.7. The van der Waals surface area contributed by atoms with Gasteiger partial charge >= 0.3 is 23.9 Å². The van der Waals surface area contributed by atoms with Gasteiger partial charge in [-0.3, -0.25) is 29.3 Å². The zero-order chi connectivity index (χ0) is 24.7. The molecule has 1 aromatic carbocycles. The van der Waals surface area contributed by atoms with Gasteiger partial charge in [0, 0.05) is 33.8 Å². The molecule has 5 atom stereocenters. The number of nitro benzene ring substituents is 1. The van der Waals surface area contributed by atoms with Gasteiger partial charge in [-0.25, -0.2) is 0 Å². The number of para-hydroxylation sites is 2. The summed E-state index contributed by atoms with van der Waals surface area (Å²) in [5, 5.41) is 14.2. The van der Waals surface area contributed by atoms with Gasteiger partial charge in [0.1, 0.15) is 18.4 Å². The van der Waals surface area contributed by atoms with E-state index in [1.165, 1.54) is 24.3 Å². The molecule has 13 heteroatoms. The van der Waals surface area contributed by atoms with E-state index >= 15 is 0 Å². The van der Waals surface area contributed by atoms with Crippen LogP contribution in [0, 0.1) is 10.1 Å². The molecule has 33 heavy (non-hydrogen) atoms. The standard InChI is InChI=1S/C20H24N2O11/c1-10(23)29-9-16-17(30-11(2)24)18(31-12(3)25)19(32-13(4)26)20(33-16)21-14-7-5-6-8-15(14)22(27)28/h5-8,16-21H,9H2,1-4H3. The van der Waals surface area contributed by atoms with E-state index in [0.717, 1.165) is 27.7 Å². The summed E-state index contributed by atoms with van der Waals surface area (Å²) in [6, 6.07) is 5.62. The van der Waals surface area contributed by atoms with Crippen LogP contribution in [0.15, 0.2) is 24.3 Å². The fourth-order valence-electron chi connectivity index (χ4n) is 3.25. The first kappa shape index (κ1) is 25.5. The Morgan fingerprint density at radius 1 is 0.909 bits per heavy atom. The Morgan fingerprint density at radius 2 is 1.45 bits per heavy atom. The van der Waals surface area contributed by atoms with Gasteiger partial charge in [-0.15, -0.1) is 0 Å². The van der Waals surface area contributed by atoms with E-state index in [4.69, 9.17) is 23.7 Å². The molecule has 1 aromatic rings. The Kier molecular flexibility index (Phi) is 8.68. The molecule has 2 rings (SSSR count). The molecular weight excluding hydrogens is 444 g/mol. The van der Waals surface area contributed by atoms with E-state index < -0.39 is 66.1 Å². The summed E-state index contributed by atoms with van der Waals surface area (Å²) in [5.41, 5.74) is -0.284. The minimum atomic E-state index is -1.39. The third-order valence-corrected chi connectivity index (χ3v) is 4.39. The highest BCUT2D eigenvalue weighted by molar-refractivity contribution is 5.69. The number of carbonyl (C=O) groups excluding carboxylic acids is 4. The molecule has 1 heterocycles. The summed E-state index contributed by atoms with van der Waals surface area (Å²) in [7, 11) is 0. The number of benzene rings is 1. The second kappa shape index (κ2) is 11.2. The lowest BCUT2D eigenvalue weighted by molar-refractivity contribution is -0.384. The Morgan fingerprint density at radius 3 is 2.00 bits per heavy atom. The molecule has 0 radical (unpaired) electrons. The molecule has 0 aliphatic carbocycles. The van der Waals surface area contributed by atoms with Crippen molar-refractivity contribution in [2.45, 2.75) is 58.3 Å². The Labute approximate surface area is 188 Å². The summed E-state index contributed by atoms with van der Waals surface area (Å²) in [6.45, 7) is 4.03. The van der Waals surface area contributed by atoms with E-state index in [-0.39, 0.29) is 11.4 Å². The van der Waals surface area contributed by atoms with Crippen LogP contribution in [0.1, 0.15) is 27.7 Å². The van der Waals surface area contributed by atoms with Crippen LogP contribution >= 0.6 is 0 Å². The molecule has 0 spiro atoms. The molecule has 1 aliphatic heterocycles. The van der Waals surface area contributed by atoms with Crippen molar-refractivity contribution in [2.75, 3.05) is 11.9 Å². The quantitative estimate of drug-likeness (QED) is 0.250. The number of hydrogen-bond donors (Lipinski definition) is 1.